The summed E-state index contributed by atoms with van der Waals surface area (Å²) in [5, 5.41) is 3.33. The second-order valence-corrected chi connectivity index (χ2v) is 5.86. The van der Waals surface area contributed by atoms with Crippen molar-refractivity contribution in [1.82, 2.24) is 0 Å². The van der Waals surface area contributed by atoms with Crippen LogP contribution >= 0.6 is 31.9 Å². The number of halogens is 2. The number of benzene rings is 2. The molecule has 0 spiro atoms. The fourth-order valence-corrected chi connectivity index (χ4v) is 2.55. The van der Waals surface area contributed by atoms with Gasteiger partial charge in [0.15, 0.2) is 0 Å². The Morgan fingerprint density at radius 2 is 1.84 bits per heavy atom. The summed E-state index contributed by atoms with van der Waals surface area (Å²) in [4.78, 5) is 0. The normalized spacial score (nSPS) is 10.4. The molecule has 0 aliphatic carbocycles. The summed E-state index contributed by atoms with van der Waals surface area (Å²) in [6, 6.07) is 16.2. The molecule has 0 saturated heterocycles. The number of ether oxygens (including phenoxy) is 1. The maximum atomic E-state index is 5.64. The van der Waals surface area contributed by atoms with Crippen LogP contribution in [-0.2, 0) is 11.3 Å². The van der Waals surface area contributed by atoms with E-state index in [4.69, 9.17) is 4.74 Å². The van der Waals surface area contributed by atoms with Gasteiger partial charge in [0, 0.05) is 21.2 Å². The minimum absolute atomic E-state index is 0.636. The lowest BCUT2D eigenvalue weighted by molar-refractivity contribution is 0.130. The van der Waals surface area contributed by atoms with Crippen LogP contribution in [0.3, 0.4) is 0 Å². The summed E-state index contributed by atoms with van der Waals surface area (Å²) < 4.78 is 7.79. The smallest absolute Gasteiger partial charge is 0.0718 e. The van der Waals surface area contributed by atoms with Gasteiger partial charge in [0.1, 0.15) is 0 Å². The highest BCUT2D eigenvalue weighted by molar-refractivity contribution is 9.10. The van der Waals surface area contributed by atoms with E-state index < -0.39 is 0 Å². The molecule has 0 unspecified atom stereocenters. The van der Waals surface area contributed by atoms with Gasteiger partial charge in [-0.05, 0) is 45.8 Å². The molecule has 0 aromatic heterocycles. The van der Waals surface area contributed by atoms with E-state index in [9.17, 15) is 0 Å². The maximum Gasteiger partial charge on any atom is 0.0718 e. The van der Waals surface area contributed by atoms with E-state index in [0.29, 0.717) is 13.2 Å². The average molecular weight is 385 g/mol. The van der Waals surface area contributed by atoms with Crippen molar-refractivity contribution < 1.29 is 4.74 Å². The zero-order valence-corrected chi connectivity index (χ0v) is 13.6. The van der Waals surface area contributed by atoms with Gasteiger partial charge in [-0.15, -0.1) is 0 Å². The van der Waals surface area contributed by atoms with Crippen molar-refractivity contribution in [1.29, 1.82) is 0 Å². The second-order valence-electron chi connectivity index (χ2n) is 4.09. The third kappa shape index (κ3) is 4.97. The van der Waals surface area contributed by atoms with E-state index in [-0.39, 0.29) is 0 Å². The molecule has 0 aliphatic heterocycles. The Bertz CT molecular complexity index is 531. The molecular formula is C15H15Br2NO. The summed E-state index contributed by atoms with van der Waals surface area (Å²) >= 11 is 6.95. The van der Waals surface area contributed by atoms with Gasteiger partial charge in [0.2, 0.25) is 0 Å². The monoisotopic (exact) mass is 383 g/mol. The van der Waals surface area contributed by atoms with Crippen molar-refractivity contribution in [2.45, 2.75) is 6.61 Å². The van der Waals surface area contributed by atoms with Crippen LogP contribution < -0.4 is 5.32 Å². The minimum atomic E-state index is 0.636. The third-order valence-corrected chi connectivity index (χ3v) is 3.78. The molecule has 0 amide bonds. The Balaban J connectivity index is 1.69. The van der Waals surface area contributed by atoms with Crippen molar-refractivity contribution in [3.05, 3.63) is 63.0 Å². The van der Waals surface area contributed by atoms with Gasteiger partial charge in [0.25, 0.3) is 0 Å². The first-order chi connectivity index (χ1) is 9.25. The van der Waals surface area contributed by atoms with Gasteiger partial charge >= 0.3 is 0 Å². The summed E-state index contributed by atoms with van der Waals surface area (Å²) in [6.45, 7) is 2.10. The zero-order valence-electron chi connectivity index (χ0n) is 10.4. The highest BCUT2D eigenvalue weighted by Gasteiger charge is 1.97. The second kappa shape index (κ2) is 7.68. The maximum absolute atomic E-state index is 5.64. The Labute approximate surface area is 130 Å². The molecule has 19 heavy (non-hydrogen) atoms. The van der Waals surface area contributed by atoms with Crippen LogP contribution in [0.4, 0.5) is 5.69 Å². The highest BCUT2D eigenvalue weighted by Crippen LogP contribution is 2.20. The lowest BCUT2D eigenvalue weighted by Crippen LogP contribution is -2.09. The molecule has 0 radical (unpaired) electrons. The van der Waals surface area contributed by atoms with E-state index >= 15 is 0 Å². The number of nitrogens with one attached hydrogen (secondary N) is 1. The van der Waals surface area contributed by atoms with Crippen molar-refractivity contribution in [2.75, 3.05) is 18.5 Å². The number of anilines is 1. The molecule has 0 bridgehead atoms. The Morgan fingerprint density at radius 1 is 1.00 bits per heavy atom. The largest absolute Gasteiger partial charge is 0.382 e. The van der Waals surface area contributed by atoms with Gasteiger partial charge < -0.3 is 10.1 Å². The van der Waals surface area contributed by atoms with E-state index in [0.717, 1.165) is 21.2 Å². The Hall–Kier alpha value is -0.840. The molecule has 2 nitrogen and oxygen atoms in total. The highest BCUT2D eigenvalue weighted by atomic mass is 79.9. The van der Waals surface area contributed by atoms with Crippen LogP contribution in [0.25, 0.3) is 0 Å². The summed E-state index contributed by atoms with van der Waals surface area (Å²) in [6.07, 6.45) is 0. The van der Waals surface area contributed by atoms with Gasteiger partial charge in [-0.2, -0.15) is 0 Å². The standard InChI is InChI=1S/C15H15Br2NO/c16-13-5-3-4-12(10-13)11-19-9-8-18-15-7-2-1-6-14(15)17/h1-7,10,18H,8-9,11H2. The van der Waals surface area contributed by atoms with Crippen molar-refractivity contribution >= 4 is 37.5 Å². The first-order valence-electron chi connectivity index (χ1n) is 6.06. The van der Waals surface area contributed by atoms with Gasteiger partial charge in [-0.25, -0.2) is 0 Å². The van der Waals surface area contributed by atoms with Gasteiger partial charge in [-0.1, -0.05) is 40.2 Å². The fourth-order valence-electron chi connectivity index (χ4n) is 1.68. The first kappa shape index (κ1) is 14.6. The van der Waals surface area contributed by atoms with E-state index in [1.165, 1.54) is 5.56 Å². The zero-order chi connectivity index (χ0) is 13.5. The number of hydrogen-bond acceptors (Lipinski definition) is 2. The van der Waals surface area contributed by atoms with Gasteiger partial charge in [-0.3, -0.25) is 0 Å². The fraction of sp³-hybridized carbons (Fsp3) is 0.200. The quantitative estimate of drug-likeness (QED) is 0.719. The summed E-state index contributed by atoms with van der Waals surface area (Å²) in [5.74, 6) is 0. The molecule has 4 heteroatoms. The Morgan fingerprint density at radius 3 is 2.63 bits per heavy atom. The molecule has 2 rings (SSSR count). The van der Waals surface area contributed by atoms with Crippen LogP contribution in [0.1, 0.15) is 5.56 Å². The molecule has 0 atom stereocenters. The summed E-state index contributed by atoms with van der Waals surface area (Å²) in [5.41, 5.74) is 2.27. The molecule has 100 valence electrons. The Kier molecular flexibility index (Phi) is 5.89. The van der Waals surface area contributed by atoms with Crippen molar-refractivity contribution in [3.63, 3.8) is 0 Å². The lowest BCUT2D eigenvalue weighted by atomic mass is 10.2. The molecule has 1 N–H and O–H groups in total. The van der Waals surface area contributed by atoms with E-state index in [1.54, 1.807) is 0 Å². The van der Waals surface area contributed by atoms with Crippen molar-refractivity contribution in [2.24, 2.45) is 0 Å². The average Bonchev–Trinajstić information content (AvgIpc) is 2.40. The van der Waals surface area contributed by atoms with Crippen LogP contribution in [0, 0.1) is 0 Å². The molecule has 0 saturated carbocycles. The van der Waals surface area contributed by atoms with Crippen LogP contribution in [0.5, 0.6) is 0 Å². The molecule has 0 fully saturated rings. The predicted molar refractivity (Wildman–Crippen MR) is 86.4 cm³/mol. The molecule has 2 aromatic carbocycles. The van der Waals surface area contributed by atoms with Crippen molar-refractivity contribution in [3.8, 4) is 0 Å². The third-order valence-electron chi connectivity index (χ3n) is 2.59. The van der Waals surface area contributed by atoms with Gasteiger partial charge in [0.05, 0.1) is 13.2 Å². The van der Waals surface area contributed by atoms with E-state index in [1.807, 2.05) is 36.4 Å². The van der Waals surface area contributed by atoms with Crippen LogP contribution in [0.2, 0.25) is 0 Å². The summed E-state index contributed by atoms with van der Waals surface area (Å²) in [7, 11) is 0. The minimum Gasteiger partial charge on any atom is -0.382 e. The topological polar surface area (TPSA) is 21.3 Å². The molecule has 0 heterocycles. The molecule has 2 aromatic rings. The molecule has 0 aliphatic rings. The number of para-hydroxylation sites is 1. The van der Waals surface area contributed by atoms with E-state index in [2.05, 4.69) is 49.3 Å². The van der Waals surface area contributed by atoms with Crippen LogP contribution in [-0.4, -0.2) is 13.2 Å². The molecular weight excluding hydrogens is 370 g/mol. The number of hydrogen-bond donors (Lipinski definition) is 1. The predicted octanol–water partition coefficient (Wildman–Crippen LogP) is 4.84. The first-order valence-corrected chi connectivity index (χ1v) is 7.65. The van der Waals surface area contributed by atoms with Crippen LogP contribution in [0.15, 0.2) is 57.5 Å². The lowest BCUT2D eigenvalue weighted by Gasteiger charge is -2.09. The SMILES string of the molecule is Brc1cccc(COCCNc2ccccc2Br)c1. The number of rotatable bonds is 6.